The second-order valence-corrected chi connectivity index (χ2v) is 4.34. The van der Waals surface area contributed by atoms with Gasteiger partial charge in [-0.3, -0.25) is 0 Å². The minimum absolute atomic E-state index is 0.00806. The number of methoxy groups -OCH3 is 1. The summed E-state index contributed by atoms with van der Waals surface area (Å²) in [5.41, 5.74) is 0. The first-order valence-corrected chi connectivity index (χ1v) is 5.60. The van der Waals surface area contributed by atoms with Gasteiger partial charge in [0, 0.05) is 13.0 Å². The number of aliphatic hydroxyl groups excluding tert-OH is 1. The Balaban J connectivity index is 2.13. The highest BCUT2D eigenvalue weighted by molar-refractivity contribution is 7.10. The van der Waals surface area contributed by atoms with Crippen molar-refractivity contribution in [2.24, 2.45) is 0 Å². The van der Waals surface area contributed by atoms with Crippen LogP contribution in [0.2, 0.25) is 0 Å². The quantitative estimate of drug-likeness (QED) is 0.818. The van der Waals surface area contributed by atoms with Crippen LogP contribution in [0.4, 0.5) is 0 Å². The van der Waals surface area contributed by atoms with Crippen LogP contribution >= 0.6 is 11.3 Å². The monoisotopic (exact) mass is 214 g/mol. The summed E-state index contributed by atoms with van der Waals surface area (Å²) in [7, 11) is 1.66. The minimum atomic E-state index is -0.236. The third-order valence-corrected chi connectivity index (χ3v) is 3.42. The number of hydrogen-bond donors (Lipinski definition) is 1. The van der Waals surface area contributed by atoms with E-state index in [1.54, 1.807) is 18.4 Å². The van der Waals surface area contributed by atoms with Gasteiger partial charge in [-0.25, -0.2) is 0 Å². The molecule has 2 heterocycles. The van der Waals surface area contributed by atoms with Crippen LogP contribution in [0.1, 0.15) is 23.8 Å². The van der Waals surface area contributed by atoms with E-state index in [2.05, 4.69) is 0 Å². The van der Waals surface area contributed by atoms with E-state index < -0.39 is 0 Å². The summed E-state index contributed by atoms with van der Waals surface area (Å²) >= 11 is 1.62. The van der Waals surface area contributed by atoms with E-state index in [0.29, 0.717) is 13.0 Å². The molecule has 1 N–H and O–H groups in total. The van der Waals surface area contributed by atoms with Gasteiger partial charge in [-0.05, 0) is 17.9 Å². The Morgan fingerprint density at radius 2 is 2.50 bits per heavy atom. The average Bonchev–Trinajstić information content (AvgIpc) is 2.65. The maximum Gasteiger partial charge on any atom is 0.135 e. The van der Waals surface area contributed by atoms with Crippen molar-refractivity contribution >= 4 is 11.3 Å². The zero-order chi connectivity index (χ0) is 9.97. The molecule has 1 saturated heterocycles. The van der Waals surface area contributed by atoms with Crippen LogP contribution in [0.5, 0.6) is 5.75 Å². The van der Waals surface area contributed by atoms with Gasteiger partial charge in [-0.15, -0.1) is 11.3 Å². The zero-order valence-corrected chi connectivity index (χ0v) is 8.92. The number of thiophene rings is 1. The fraction of sp³-hybridized carbons (Fsp3) is 0.600. The number of rotatable bonds is 2. The predicted octanol–water partition coefficient (Wildman–Crippen LogP) is 1.97. The van der Waals surface area contributed by atoms with E-state index in [4.69, 9.17) is 9.47 Å². The molecule has 1 aliphatic heterocycles. The summed E-state index contributed by atoms with van der Waals surface area (Å²) in [4.78, 5) is 1.09. The van der Waals surface area contributed by atoms with E-state index in [-0.39, 0.29) is 12.2 Å². The smallest absolute Gasteiger partial charge is 0.135 e. The van der Waals surface area contributed by atoms with Crippen LogP contribution in [0, 0.1) is 0 Å². The second-order valence-electron chi connectivity index (χ2n) is 3.39. The lowest BCUT2D eigenvalue weighted by atomic mass is 10.0. The van der Waals surface area contributed by atoms with Crippen molar-refractivity contribution in [1.82, 2.24) is 0 Å². The third kappa shape index (κ3) is 1.92. The van der Waals surface area contributed by atoms with Gasteiger partial charge in [0.05, 0.1) is 24.2 Å². The summed E-state index contributed by atoms with van der Waals surface area (Å²) in [6.45, 7) is 0.632. The molecule has 14 heavy (non-hydrogen) atoms. The molecule has 2 unspecified atom stereocenters. The molecule has 3 nitrogen and oxygen atoms in total. The third-order valence-electron chi connectivity index (χ3n) is 2.43. The molecule has 1 aromatic rings. The molecule has 1 fully saturated rings. The predicted molar refractivity (Wildman–Crippen MR) is 54.8 cm³/mol. The molecule has 0 aliphatic carbocycles. The lowest BCUT2D eigenvalue weighted by Crippen LogP contribution is -2.23. The second kappa shape index (κ2) is 4.29. The number of ether oxygens (including phenoxy) is 2. The van der Waals surface area contributed by atoms with Crippen molar-refractivity contribution in [3.05, 3.63) is 16.3 Å². The molecule has 0 spiro atoms. The normalized spacial score (nSPS) is 27.6. The van der Waals surface area contributed by atoms with Crippen LogP contribution in [-0.2, 0) is 4.74 Å². The summed E-state index contributed by atoms with van der Waals surface area (Å²) in [5, 5.41) is 11.5. The molecule has 0 bridgehead atoms. The van der Waals surface area contributed by atoms with Gasteiger partial charge >= 0.3 is 0 Å². The number of aliphatic hydroxyl groups is 1. The maximum absolute atomic E-state index is 9.53. The van der Waals surface area contributed by atoms with Gasteiger partial charge in [0.15, 0.2) is 0 Å². The minimum Gasteiger partial charge on any atom is -0.495 e. The van der Waals surface area contributed by atoms with E-state index >= 15 is 0 Å². The molecule has 4 heteroatoms. The first kappa shape index (κ1) is 9.96. The van der Waals surface area contributed by atoms with Crippen molar-refractivity contribution < 1.29 is 14.6 Å². The summed E-state index contributed by atoms with van der Waals surface area (Å²) in [6, 6.07) is 1.93. The van der Waals surface area contributed by atoms with Crippen molar-refractivity contribution in [2.45, 2.75) is 25.0 Å². The summed E-state index contributed by atoms with van der Waals surface area (Å²) < 4.78 is 10.8. The Hall–Kier alpha value is -0.580. The Labute approximate surface area is 87.3 Å². The molecular formula is C10H14O3S. The highest BCUT2D eigenvalue weighted by Crippen LogP contribution is 2.37. The fourth-order valence-corrected chi connectivity index (χ4v) is 2.60. The first-order valence-electron chi connectivity index (χ1n) is 4.72. The van der Waals surface area contributed by atoms with E-state index in [0.717, 1.165) is 17.0 Å². The highest BCUT2D eigenvalue weighted by atomic mass is 32.1. The van der Waals surface area contributed by atoms with Crippen molar-refractivity contribution in [2.75, 3.05) is 13.7 Å². The van der Waals surface area contributed by atoms with Gasteiger partial charge in [0.1, 0.15) is 5.75 Å². The molecule has 1 aromatic heterocycles. The molecule has 0 amide bonds. The fourth-order valence-electron chi connectivity index (χ4n) is 1.67. The highest BCUT2D eigenvalue weighted by Gasteiger charge is 2.25. The lowest BCUT2D eigenvalue weighted by molar-refractivity contribution is -0.0438. The summed E-state index contributed by atoms with van der Waals surface area (Å²) in [6.07, 6.45) is 1.19. The molecule has 2 rings (SSSR count). The van der Waals surface area contributed by atoms with E-state index in [1.807, 2.05) is 11.4 Å². The Bertz CT molecular complexity index is 297. The molecule has 2 atom stereocenters. The molecule has 0 saturated carbocycles. The molecule has 0 radical (unpaired) electrons. The van der Waals surface area contributed by atoms with Crippen LogP contribution in [0.3, 0.4) is 0 Å². The van der Waals surface area contributed by atoms with Gasteiger partial charge in [-0.1, -0.05) is 0 Å². The lowest BCUT2D eigenvalue weighted by Gasteiger charge is -2.26. The van der Waals surface area contributed by atoms with E-state index in [9.17, 15) is 5.11 Å². The van der Waals surface area contributed by atoms with Crippen molar-refractivity contribution in [3.8, 4) is 5.75 Å². The van der Waals surface area contributed by atoms with Crippen LogP contribution in [0.25, 0.3) is 0 Å². The number of hydrogen-bond acceptors (Lipinski definition) is 4. The Morgan fingerprint density at radius 3 is 3.21 bits per heavy atom. The summed E-state index contributed by atoms with van der Waals surface area (Å²) in [5.74, 6) is 0.870. The Morgan fingerprint density at radius 1 is 1.64 bits per heavy atom. The standard InChI is InChI=1S/C10H14O3S/c1-12-8-3-5-14-10(8)9-6-7(11)2-4-13-9/h3,5,7,9,11H,2,4,6H2,1H3. The Kier molecular flexibility index (Phi) is 3.05. The zero-order valence-electron chi connectivity index (χ0n) is 8.10. The van der Waals surface area contributed by atoms with Gasteiger partial charge in [0.25, 0.3) is 0 Å². The average molecular weight is 214 g/mol. The molecule has 1 aliphatic rings. The van der Waals surface area contributed by atoms with Crippen molar-refractivity contribution in [3.63, 3.8) is 0 Å². The van der Waals surface area contributed by atoms with Crippen LogP contribution in [0.15, 0.2) is 11.4 Å². The van der Waals surface area contributed by atoms with Gasteiger partial charge < -0.3 is 14.6 Å². The topological polar surface area (TPSA) is 38.7 Å². The molecule has 0 aromatic carbocycles. The SMILES string of the molecule is COc1ccsc1C1CC(O)CCO1. The maximum atomic E-state index is 9.53. The molecular weight excluding hydrogens is 200 g/mol. The van der Waals surface area contributed by atoms with E-state index in [1.165, 1.54) is 0 Å². The molecule has 78 valence electrons. The van der Waals surface area contributed by atoms with Crippen molar-refractivity contribution in [1.29, 1.82) is 0 Å². The van der Waals surface area contributed by atoms with Crippen LogP contribution in [-0.4, -0.2) is 24.9 Å². The van der Waals surface area contributed by atoms with Crippen LogP contribution < -0.4 is 4.74 Å². The van der Waals surface area contributed by atoms with Gasteiger partial charge in [-0.2, -0.15) is 0 Å². The van der Waals surface area contributed by atoms with Gasteiger partial charge in [0.2, 0.25) is 0 Å². The first-order chi connectivity index (χ1) is 6.81. The largest absolute Gasteiger partial charge is 0.495 e.